The molecule has 0 spiro atoms. The molecule has 1 aliphatic rings. The van der Waals surface area contributed by atoms with Gasteiger partial charge in [0, 0.05) is 37.1 Å². The number of carbonyl (C=O) groups is 2. The predicted molar refractivity (Wildman–Crippen MR) is 102 cm³/mol. The van der Waals surface area contributed by atoms with Crippen molar-refractivity contribution < 1.29 is 9.59 Å². The van der Waals surface area contributed by atoms with Crippen LogP contribution in [0, 0.1) is 0 Å². The molecule has 0 saturated heterocycles. The van der Waals surface area contributed by atoms with Crippen LogP contribution in [0.2, 0.25) is 0 Å². The Hall–Kier alpha value is -1.21. The number of amides is 3. The summed E-state index contributed by atoms with van der Waals surface area (Å²) in [6.07, 6.45) is 6.11. The summed E-state index contributed by atoms with van der Waals surface area (Å²) < 4.78 is 0. The molecule has 0 unspecified atom stereocenters. The Labute approximate surface area is 152 Å². The summed E-state index contributed by atoms with van der Waals surface area (Å²) in [7, 11) is 0. The Balaban J connectivity index is 1.43. The van der Waals surface area contributed by atoms with Crippen LogP contribution in [0.3, 0.4) is 0 Å². The first-order valence-corrected chi connectivity index (χ1v) is 10.7. The topological polar surface area (TPSA) is 70.2 Å². The molecule has 0 atom stereocenters. The van der Waals surface area contributed by atoms with Gasteiger partial charge < -0.3 is 16.0 Å². The van der Waals surface area contributed by atoms with E-state index in [1.807, 2.05) is 11.8 Å². The van der Waals surface area contributed by atoms with Gasteiger partial charge in [0.15, 0.2) is 0 Å². The monoisotopic (exact) mass is 369 g/mol. The number of rotatable bonds is 9. The van der Waals surface area contributed by atoms with Gasteiger partial charge in [-0.1, -0.05) is 19.3 Å². The van der Waals surface area contributed by atoms with Crippen molar-refractivity contribution in [1.29, 1.82) is 0 Å². The summed E-state index contributed by atoms with van der Waals surface area (Å²) in [5.41, 5.74) is 1.34. The largest absolute Gasteiger partial charge is 0.355 e. The molecule has 1 aromatic rings. The van der Waals surface area contributed by atoms with Gasteiger partial charge in [-0.2, -0.15) is 23.1 Å². The molecule has 5 nitrogen and oxygen atoms in total. The minimum Gasteiger partial charge on any atom is -0.355 e. The maximum atomic E-state index is 11.7. The lowest BCUT2D eigenvalue weighted by molar-refractivity contribution is -0.120. The summed E-state index contributed by atoms with van der Waals surface area (Å²) in [5, 5.41) is 12.9. The molecule has 1 heterocycles. The SMILES string of the molecule is O=C(CCNC(=O)NC1CCCCC1)NCCSCc1ccsc1. The molecule has 0 aromatic carbocycles. The van der Waals surface area contributed by atoms with Gasteiger partial charge in [-0.3, -0.25) is 4.79 Å². The first kappa shape index (κ1) is 19.1. The Kier molecular flexibility index (Phi) is 9.05. The van der Waals surface area contributed by atoms with Gasteiger partial charge in [-0.25, -0.2) is 4.79 Å². The fourth-order valence-corrected chi connectivity index (χ4v) is 4.27. The highest BCUT2D eigenvalue weighted by atomic mass is 32.2. The number of hydrogen-bond acceptors (Lipinski definition) is 4. The summed E-state index contributed by atoms with van der Waals surface area (Å²) in [4.78, 5) is 23.5. The molecule has 7 heteroatoms. The van der Waals surface area contributed by atoms with Crippen LogP contribution in [-0.4, -0.2) is 36.8 Å². The Morgan fingerprint density at radius 1 is 1.17 bits per heavy atom. The minimum absolute atomic E-state index is 0.0101. The third-order valence-corrected chi connectivity index (χ3v) is 5.76. The van der Waals surface area contributed by atoms with Gasteiger partial charge >= 0.3 is 6.03 Å². The molecule has 2 rings (SSSR count). The summed E-state index contributed by atoms with van der Waals surface area (Å²) >= 11 is 3.52. The molecule has 1 fully saturated rings. The Bertz CT molecular complexity index is 488. The van der Waals surface area contributed by atoms with E-state index in [0.717, 1.165) is 24.3 Å². The zero-order chi connectivity index (χ0) is 17.0. The molecular formula is C17H27N3O2S2. The zero-order valence-electron chi connectivity index (χ0n) is 14.0. The Morgan fingerprint density at radius 3 is 2.75 bits per heavy atom. The summed E-state index contributed by atoms with van der Waals surface area (Å²) in [6.45, 7) is 1.05. The lowest BCUT2D eigenvalue weighted by Crippen LogP contribution is -2.43. The van der Waals surface area contributed by atoms with Crippen molar-refractivity contribution in [2.24, 2.45) is 0 Å². The van der Waals surface area contributed by atoms with Crippen LogP contribution in [0.4, 0.5) is 4.79 Å². The molecule has 3 N–H and O–H groups in total. The molecule has 1 aromatic heterocycles. The van der Waals surface area contributed by atoms with Gasteiger partial charge in [0.25, 0.3) is 0 Å². The average molecular weight is 370 g/mol. The van der Waals surface area contributed by atoms with Crippen LogP contribution in [0.15, 0.2) is 16.8 Å². The van der Waals surface area contributed by atoms with E-state index in [0.29, 0.717) is 25.6 Å². The van der Waals surface area contributed by atoms with E-state index in [1.54, 1.807) is 11.3 Å². The van der Waals surface area contributed by atoms with Crippen molar-refractivity contribution >= 4 is 35.0 Å². The van der Waals surface area contributed by atoms with E-state index < -0.39 is 0 Å². The van der Waals surface area contributed by atoms with E-state index in [4.69, 9.17) is 0 Å². The van der Waals surface area contributed by atoms with E-state index in [9.17, 15) is 9.59 Å². The average Bonchev–Trinajstić information content (AvgIpc) is 3.09. The maximum absolute atomic E-state index is 11.7. The standard InChI is InChI=1S/C17H27N3O2S2/c21-16(18-9-11-24-13-14-7-10-23-12-14)6-8-19-17(22)20-15-4-2-1-3-5-15/h7,10,12,15H,1-6,8-9,11,13H2,(H,18,21)(H2,19,20,22). The highest BCUT2D eigenvalue weighted by Crippen LogP contribution is 2.17. The molecule has 1 saturated carbocycles. The first-order chi connectivity index (χ1) is 11.7. The number of nitrogens with one attached hydrogen (secondary N) is 3. The van der Waals surface area contributed by atoms with Crippen LogP contribution in [-0.2, 0) is 10.5 Å². The van der Waals surface area contributed by atoms with Crippen molar-refractivity contribution in [3.05, 3.63) is 22.4 Å². The molecule has 0 bridgehead atoms. The number of hydrogen-bond donors (Lipinski definition) is 3. The van der Waals surface area contributed by atoms with Gasteiger partial charge in [0.1, 0.15) is 0 Å². The second kappa shape index (κ2) is 11.4. The highest BCUT2D eigenvalue weighted by molar-refractivity contribution is 7.98. The van der Waals surface area contributed by atoms with Crippen molar-refractivity contribution in [3.63, 3.8) is 0 Å². The Morgan fingerprint density at radius 2 is 2.00 bits per heavy atom. The lowest BCUT2D eigenvalue weighted by Gasteiger charge is -2.22. The highest BCUT2D eigenvalue weighted by Gasteiger charge is 2.15. The molecular weight excluding hydrogens is 342 g/mol. The molecule has 0 aliphatic heterocycles. The van der Waals surface area contributed by atoms with Crippen LogP contribution in [0.5, 0.6) is 0 Å². The van der Waals surface area contributed by atoms with Crippen LogP contribution in [0.1, 0.15) is 44.1 Å². The van der Waals surface area contributed by atoms with Crippen LogP contribution >= 0.6 is 23.1 Å². The number of urea groups is 1. The number of thioether (sulfide) groups is 1. The smallest absolute Gasteiger partial charge is 0.315 e. The van der Waals surface area contributed by atoms with Crippen LogP contribution < -0.4 is 16.0 Å². The maximum Gasteiger partial charge on any atom is 0.315 e. The fraction of sp³-hybridized carbons (Fsp3) is 0.647. The molecule has 3 amide bonds. The summed E-state index contributed by atoms with van der Waals surface area (Å²) in [5.74, 6) is 1.88. The van der Waals surface area contributed by atoms with Gasteiger partial charge in [-0.15, -0.1) is 0 Å². The molecule has 1 aliphatic carbocycles. The van der Waals surface area contributed by atoms with E-state index in [2.05, 4.69) is 32.8 Å². The van der Waals surface area contributed by atoms with Gasteiger partial charge in [0.05, 0.1) is 0 Å². The first-order valence-electron chi connectivity index (χ1n) is 8.64. The quantitative estimate of drug-likeness (QED) is 0.586. The third kappa shape index (κ3) is 8.06. The lowest BCUT2D eigenvalue weighted by atomic mass is 9.96. The van der Waals surface area contributed by atoms with E-state index in [1.165, 1.54) is 24.8 Å². The van der Waals surface area contributed by atoms with Crippen molar-refractivity contribution in [3.8, 4) is 0 Å². The molecule has 0 radical (unpaired) electrons. The molecule has 24 heavy (non-hydrogen) atoms. The fourth-order valence-electron chi connectivity index (χ4n) is 2.69. The second-order valence-electron chi connectivity index (χ2n) is 6.02. The van der Waals surface area contributed by atoms with Crippen molar-refractivity contribution in [1.82, 2.24) is 16.0 Å². The predicted octanol–water partition coefficient (Wildman–Crippen LogP) is 3.12. The van der Waals surface area contributed by atoms with Crippen LogP contribution in [0.25, 0.3) is 0 Å². The van der Waals surface area contributed by atoms with E-state index in [-0.39, 0.29) is 11.9 Å². The van der Waals surface area contributed by atoms with Gasteiger partial charge in [0.2, 0.25) is 5.91 Å². The minimum atomic E-state index is -0.152. The zero-order valence-corrected chi connectivity index (χ0v) is 15.6. The normalized spacial score (nSPS) is 15.0. The van der Waals surface area contributed by atoms with Gasteiger partial charge in [-0.05, 0) is 35.2 Å². The number of thiophene rings is 1. The van der Waals surface area contributed by atoms with Crippen molar-refractivity contribution in [2.45, 2.75) is 50.3 Å². The van der Waals surface area contributed by atoms with E-state index >= 15 is 0 Å². The summed E-state index contributed by atoms with van der Waals surface area (Å²) in [6, 6.07) is 2.27. The van der Waals surface area contributed by atoms with Crippen molar-refractivity contribution in [2.75, 3.05) is 18.8 Å². The second-order valence-corrected chi connectivity index (χ2v) is 7.90. The molecule has 134 valence electrons. The number of carbonyl (C=O) groups excluding carboxylic acids is 2. The third-order valence-electron chi connectivity index (χ3n) is 4.00.